The molecule has 0 saturated carbocycles. The summed E-state index contributed by atoms with van der Waals surface area (Å²) in [5.41, 5.74) is 0.786. The van der Waals surface area contributed by atoms with Gasteiger partial charge in [0.1, 0.15) is 0 Å². The maximum atomic E-state index is 11.9. The minimum absolute atomic E-state index is 0.0442. The minimum atomic E-state index is -3.70. The molecule has 1 amide bonds. The number of amides is 1. The predicted octanol–water partition coefficient (Wildman–Crippen LogP) is 1.81. The molecule has 0 atom stereocenters. The van der Waals surface area contributed by atoms with Crippen LogP contribution >= 0.6 is 23.1 Å². The molecule has 8 nitrogen and oxygen atoms in total. The van der Waals surface area contributed by atoms with Gasteiger partial charge in [0.2, 0.25) is 21.1 Å². The summed E-state index contributed by atoms with van der Waals surface area (Å²) in [4.78, 5) is 12.0. The van der Waals surface area contributed by atoms with Crippen molar-refractivity contribution in [2.45, 2.75) is 35.5 Å². The van der Waals surface area contributed by atoms with Gasteiger partial charge in [-0.2, -0.15) is 0 Å². The second kappa shape index (κ2) is 9.86. The number of carbonyl (C=O) groups excluding carboxylic acids is 1. The van der Waals surface area contributed by atoms with Crippen LogP contribution in [-0.2, 0) is 21.4 Å². The number of unbranched alkanes of at least 4 members (excludes halogenated alkanes) is 1. The van der Waals surface area contributed by atoms with Gasteiger partial charge in [0.25, 0.3) is 0 Å². The summed E-state index contributed by atoms with van der Waals surface area (Å²) in [6, 6.07) is 6.07. The van der Waals surface area contributed by atoms with E-state index < -0.39 is 10.0 Å². The number of sulfonamides is 1. The third-order valence-corrected chi connectivity index (χ3v) is 6.22. The van der Waals surface area contributed by atoms with E-state index in [2.05, 4.69) is 27.8 Å². The lowest BCUT2D eigenvalue weighted by Gasteiger charge is -2.05. The first-order valence-electron chi connectivity index (χ1n) is 7.97. The minimum Gasteiger partial charge on any atom is -0.360 e. The van der Waals surface area contributed by atoms with Crippen LogP contribution in [0.2, 0.25) is 0 Å². The highest BCUT2D eigenvalue weighted by molar-refractivity contribution is 8.01. The molecule has 0 fully saturated rings. The third-order valence-electron chi connectivity index (χ3n) is 3.28. The van der Waals surface area contributed by atoms with Gasteiger partial charge in [-0.1, -0.05) is 48.6 Å². The number of anilines is 1. The van der Waals surface area contributed by atoms with Gasteiger partial charge >= 0.3 is 0 Å². The summed E-state index contributed by atoms with van der Waals surface area (Å²) in [6.07, 6.45) is 2.18. The van der Waals surface area contributed by atoms with E-state index in [-0.39, 0.29) is 16.6 Å². The molecule has 0 unspecified atom stereocenters. The van der Waals surface area contributed by atoms with E-state index in [1.165, 1.54) is 35.2 Å². The van der Waals surface area contributed by atoms with E-state index in [0.29, 0.717) is 6.54 Å². The Labute approximate surface area is 161 Å². The second-order valence-electron chi connectivity index (χ2n) is 5.41. The number of benzene rings is 1. The summed E-state index contributed by atoms with van der Waals surface area (Å²) in [5, 5.41) is 19.8. The van der Waals surface area contributed by atoms with Crippen LogP contribution in [0.3, 0.4) is 0 Å². The zero-order valence-electron chi connectivity index (χ0n) is 14.3. The van der Waals surface area contributed by atoms with Crippen molar-refractivity contribution in [2.24, 2.45) is 5.14 Å². The van der Waals surface area contributed by atoms with Crippen molar-refractivity contribution in [1.82, 2.24) is 15.5 Å². The number of nitrogens with zero attached hydrogens (tertiary/aromatic N) is 2. The van der Waals surface area contributed by atoms with Crippen molar-refractivity contribution >= 4 is 44.2 Å². The number of nitrogens with two attached hydrogens (primary N) is 1. The summed E-state index contributed by atoms with van der Waals surface area (Å²) in [6.45, 7) is 3.29. The quantitative estimate of drug-likeness (QED) is 0.399. The topological polar surface area (TPSA) is 127 Å². The molecule has 1 heterocycles. The van der Waals surface area contributed by atoms with Crippen molar-refractivity contribution < 1.29 is 13.2 Å². The first kappa shape index (κ1) is 20.6. The van der Waals surface area contributed by atoms with Crippen LogP contribution < -0.4 is 15.8 Å². The lowest BCUT2D eigenvalue weighted by molar-refractivity contribution is -0.118. The van der Waals surface area contributed by atoms with Gasteiger partial charge in [-0.25, -0.2) is 13.6 Å². The van der Waals surface area contributed by atoms with Crippen LogP contribution in [0.15, 0.2) is 33.5 Å². The van der Waals surface area contributed by atoms with E-state index in [4.69, 9.17) is 5.14 Å². The normalized spacial score (nSPS) is 11.3. The zero-order chi connectivity index (χ0) is 19.0. The van der Waals surface area contributed by atoms with Crippen LogP contribution in [0, 0.1) is 0 Å². The van der Waals surface area contributed by atoms with Gasteiger partial charge in [0.15, 0.2) is 4.34 Å². The third kappa shape index (κ3) is 6.90. The molecule has 0 aliphatic rings. The Morgan fingerprint density at radius 3 is 2.65 bits per heavy atom. The average molecular weight is 416 g/mol. The number of hydrogen-bond acceptors (Lipinski definition) is 8. The van der Waals surface area contributed by atoms with Gasteiger partial charge in [-0.3, -0.25) is 4.79 Å². The first-order valence-corrected chi connectivity index (χ1v) is 11.3. The largest absolute Gasteiger partial charge is 0.360 e. The van der Waals surface area contributed by atoms with E-state index in [1.807, 2.05) is 0 Å². The average Bonchev–Trinajstić information content (AvgIpc) is 3.06. The number of hydrogen-bond donors (Lipinski definition) is 3. The van der Waals surface area contributed by atoms with Gasteiger partial charge < -0.3 is 10.6 Å². The fourth-order valence-electron chi connectivity index (χ4n) is 1.89. The molecule has 142 valence electrons. The van der Waals surface area contributed by atoms with Crippen LogP contribution in [0.1, 0.15) is 25.3 Å². The number of thioether (sulfide) groups is 1. The monoisotopic (exact) mass is 415 g/mol. The fourth-order valence-corrected chi connectivity index (χ4v) is 4.01. The molecule has 2 aromatic rings. The highest BCUT2D eigenvalue weighted by Crippen LogP contribution is 2.25. The Hall–Kier alpha value is -1.69. The maximum absolute atomic E-state index is 11.9. The number of carbonyl (C=O) groups is 1. The van der Waals surface area contributed by atoms with Gasteiger partial charge in [-0.15, -0.1) is 10.2 Å². The van der Waals surface area contributed by atoms with Crippen molar-refractivity contribution in [3.8, 4) is 0 Å². The SMILES string of the molecule is CCCCNc1nnc(SCC(=O)NCc2ccc(S(N)(=O)=O)cc2)s1. The molecular weight excluding hydrogens is 394 g/mol. The molecule has 0 saturated heterocycles. The van der Waals surface area contributed by atoms with Gasteiger partial charge in [0.05, 0.1) is 10.6 Å². The molecule has 26 heavy (non-hydrogen) atoms. The molecule has 1 aromatic carbocycles. The van der Waals surface area contributed by atoms with Gasteiger partial charge in [-0.05, 0) is 24.1 Å². The van der Waals surface area contributed by atoms with Crippen LogP contribution in [0.25, 0.3) is 0 Å². The second-order valence-corrected chi connectivity index (χ2v) is 9.17. The van der Waals surface area contributed by atoms with E-state index in [9.17, 15) is 13.2 Å². The molecule has 4 N–H and O–H groups in total. The molecule has 1 aromatic heterocycles. The molecule has 0 bridgehead atoms. The molecular formula is C15H21N5O3S3. The molecule has 11 heteroatoms. The van der Waals surface area contributed by atoms with Crippen molar-refractivity contribution in [1.29, 1.82) is 0 Å². The van der Waals surface area contributed by atoms with Crippen molar-refractivity contribution in [3.05, 3.63) is 29.8 Å². The molecule has 0 aliphatic heterocycles. The van der Waals surface area contributed by atoms with Crippen molar-refractivity contribution in [3.63, 3.8) is 0 Å². The summed E-state index contributed by atoms with van der Waals surface area (Å²) >= 11 is 2.75. The Morgan fingerprint density at radius 1 is 1.27 bits per heavy atom. The van der Waals surface area contributed by atoms with Crippen molar-refractivity contribution in [2.75, 3.05) is 17.6 Å². The number of nitrogens with one attached hydrogen (secondary N) is 2. The fraction of sp³-hybridized carbons (Fsp3) is 0.400. The van der Waals surface area contributed by atoms with Crippen LogP contribution in [0.5, 0.6) is 0 Å². The summed E-state index contributed by atoms with van der Waals surface area (Å²) in [5.74, 6) is 0.0972. The van der Waals surface area contributed by atoms with Gasteiger partial charge in [0, 0.05) is 13.1 Å². The maximum Gasteiger partial charge on any atom is 0.238 e. The number of rotatable bonds is 10. The Balaban J connectivity index is 1.73. The predicted molar refractivity (Wildman–Crippen MR) is 104 cm³/mol. The Morgan fingerprint density at radius 2 is 2.00 bits per heavy atom. The lowest BCUT2D eigenvalue weighted by atomic mass is 10.2. The van der Waals surface area contributed by atoms with E-state index in [0.717, 1.165) is 34.4 Å². The zero-order valence-corrected chi connectivity index (χ0v) is 16.7. The molecule has 0 spiro atoms. The lowest BCUT2D eigenvalue weighted by Crippen LogP contribution is -2.24. The number of primary sulfonamides is 1. The highest BCUT2D eigenvalue weighted by Gasteiger charge is 2.09. The Kier molecular flexibility index (Phi) is 7.82. The van der Waals surface area contributed by atoms with Crippen LogP contribution in [-0.4, -0.2) is 36.8 Å². The highest BCUT2D eigenvalue weighted by atomic mass is 32.2. The molecule has 0 aliphatic carbocycles. The van der Waals surface area contributed by atoms with Crippen LogP contribution in [0.4, 0.5) is 5.13 Å². The molecule has 0 radical (unpaired) electrons. The smallest absolute Gasteiger partial charge is 0.238 e. The molecule has 2 rings (SSSR count). The summed E-state index contributed by atoms with van der Waals surface area (Å²) in [7, 11) is -3.70. The first-order chi connectivity index (χ1) is 12.4. The number of aromatic nitrogens is 2. The van der Waals surface area contributed by atoms with E-state index >= 15 is 0 Å². The van der Waals surface area contributed by atoms with E-state index in [1.54, 1.807) is 12.1 Å². The standard InChI is InChI=1S/C15H21N5O3S3/c1-2-3-8-17-14-19-20-15(25-14)24-10-13(21)18-9-11-4-6-12(7-5-11)26(16,22)23/h4-7H,2-3,8-10H2,1H3,(H,17,19)(H,18,21)(H2,16,22,23). The Bertz CT molecular complexity index is 821. The summed E-state index contributed by atoms with van der Waals surface area (Å²) < 4.78 is 23.1.